The summed E-state index contributed by atoms with van der Waals surface area (Å²) in [5, 5.41) is 2.73. The summed E-state index contributed by atoms with van der Waals surface area (Å²) in [6.45, 7) is 6.96. The third-order valence-corrected chi connectivity index (χ3v) is 4.88. The Balaban J connectivity index is 1.60. The van der Waals surface area contributed by atoms with Crippen LogP contribution in [0.3, 0.4) is 0 Å². The number of amides is 2. The molecule has 2 aliphatic heterocycles. The Morgan fingerprint density at radius 1 is 1.18 bits per heavy atom. The molecule has 28 heavy (non-hydrogen) atoms. The van der Waals surface area contributed by atoms with Crippen LogP contribution in [-0.2, 0) is 25.7 Å². The minimum atomic E-state index is -0.902. The van der Waals surface area contributed by atoms with Crippen LogP contribution in [0.4, 0.5) is 4.79 Å². The molecule has 1 unspecified atom stereocenters. The van der Waals surface area contributed by atoms with Gasteiger partial charge in [-0.05, 0) is 26.3 Å². The highest BCUT2D eigenvalue weighted by molar-refractivity contribution is 5.94. The molecule has 2 fully saturated rings. The van der Waals surface area contributed by atoms with Gasteiger partial charge in [0.15, 0.2) is 0 Å². The fourth-order valence-corrected chi connectivity index (χ4v) is 3.35. The largest absolute Gasteiger partial charge is 0.460 e. The number of rotatable bonds is 4. The molecule has 0 radical (unpaired) electrons. The molecule has 2 saturated heterocycles. The number of hydrogen-bond acceptors (Lipinski definition) is 6. The van der Waals surface area contributed by atoms with E-state index in [0.717, 1.165) is 5.56 Å². The predicted octanol–water partition coefficient (Wildman–Crippen LogP) is 1.15. The molecule has 2 heterocycles. The lowest BCUT2D eigenvalue weighted by Crippen LogP contribution is -2.80. The first-order chi connectivity index (χ1) is 13.2. The molecule has 152 valence electrons. The van der Waals surface area contributed by atoms with Crippen molar-refractivity contribution >= 4 is 18.0 Å². The number of esters is 1. The van der Waals surface area contributed by atoms with Gasteiger partial charge in [0.05, 0.1) is 13.1 Å². The normalized spacial score (nSPS) is 22.4. The molecule has 1 atom stereocenters. The molecule has 8 heteroatoms. The van der Waals surface area contributed by atoms with E-state index in [1.165, 1.54) is 4.90 Å². The number of nitrogens with one attached hydrogen (secondary N) is 1. The van der Waals surface area contributed by atoms with E-state index in [-0.39, 0.29) is 25.6 Å². The topological polar surface area (TPSA) is 88.2 Å². The van der Waals surface area contributed by atoms with E-state index in [2.05, 4.69) is 5.32 Å². The molecular weight excluding hydrogens is 362 g/mol. The second kappa shape index (κ2) is 7.79. The molecule has 0 bridgehead atoms. The molecule has 0 aromatic heterocycles. The van der Waals surface area contributed by atoms with Crippen molar-refractivity contribution in [2.45, 2.75) is 38.5 Å². The lowest BCUT2D eigenvalue weighted by Gasteiger charge is -2.53. The van der Waals surface area contributed by atoms with Crippen molar-refractivity contribution < 1.29 is 23.9 Å². The van der Waals surface area contributed by atoms with Crippen LogP contribution >= 0.6 is 0 Å². The highest BCUT2D eigenvalue weighted by Crippen LogP contribution is 2.28. The first-order valence-corrected chi connectivity index (χ1v) is 9.40. The van der Waals surface area contributed by atoms with E-state index in [1.54, 1.807) is 25.7 Å². The van der Waals surface area contributed by atoms with Gasteiger partial charge in [-0.15, -0.1) is 0 Å². The smallest absolute Gasteiger partial charge is 0.410 e. The van der Waals surface area contributed by atoms with Gasteiger partial charge < -0.3 is 19.7 Å². The quantitative estimate of drug-likeness (QED) is 0.614. The highest BCUT2D eigenvalue weighted by atomic mass is 16.6. The molecule has 2 amide bonds. The van der Waals surface area contributed by atoms with Crippen LogP contribution in [0.1, 0.15) is 26.3 Å². The number of nitrogens with zero attached hydrogens (tertiary/aromatic N) is 2. The molecule has 3 rings (SSSR count). The van der Waals surface area contributed by atoms with E-state index >= 15 is 0 Å². The summed E-state index contributed by atoms with van der Waals surface area (Å²) in [5.41, 5.74) is -0.604. The van der Waals surface area contributed by atoms with E-state index < -0.39 is 23.2 Å². The third kappa shape index (κ3) is 4.44. The molecule has 2 aliphatic rings. The average molecular weight is 389 g/mol. The Kier molecular flexibility index (Phi) is 5.60. The molecule has 8 nitrogen and oxygen atoms in total. The van der Waals surface area contributed by atoms with Crippen LogP contribution in [-0.4, -0.2) is 71.6 Å². The first-order valence-electron chi connectivity index (χ1n) is 9.40. The minimum absolute atomic E-state index is 0.00239. The van der Waals surface area contributed by atoms with Gasteiger partial charge in [-0.25, -0.2) is 4.79 Å². The molecule has 0 saturated carbocycles. The number of ether oxygens (including phenoxy) is 2. The summed E-state index contributed by atoms with van der Waals surface area (Å²) < 4.78 is 10.8. The lowest BCUT2D eigenvalue weighted by molar-refractivity contribution is -0.158. The van der Waals surface area contributed by atoms with Gasteiger partial charge in [0.2, 0.25) is 5.91 Å². The molecule has 1 N–H and O–H groups in total. The van der Waals surface area contributed by atoms with Crippen LogP contribution in [0.2, 0.25) is 0 Å². The summed E-state index contributed by atoms with van der Waals surface area (Å²) in [6, 6.07) is 9.43. The summed E-state index contributed by atoms with van der Waals surface area (Å²) in [6.07, 6.45) is -0.446. The summed E-state index contributed by atoms with van der Waals surface area (Å²) >= 11 is 0. The van der Waals surface area contributed by atoms with Crippen molar-refractivity contribution in [3.63, 3.8) is 0 Å². The molecular formula is C20H27N3O5. The molecule has 1 spiro atoms. The number of β-lactam (4-membered cyclic amide) rings is 1. The van der Waals surface area contributed by atoms with Crippen molar-refractivity contribution in [2.24, 2.45) is 0 Å². The van der Waals surface area contributed by atoms with E-state index in [4.69, 9.17) is 9.47 Å². The Hall–Kier alpha value is -2.61. The van der Waals surface area contributed by atoms with E-state index in [9.17, 15) is 14.4 Å². The molecule has 1 aromatic rings. The average Bonchev–Trinajstić information content (AvgIpc) is 2.65. The van der Waals surface area contributed by atoms with Crippen LogP contribution in [0.25, 0.3) is 0 Å². The van der Waals surface area contributed by atoms with Gasteiger partial charge in [0.25, 0.3) is 0 Å². The van der Waals surface area contributed by atoms with Gasteiger partial charge in [0.1, 0.15) is 17.7 Å². The Labute approximate surface area is 164 Å². The SMILES string of the molecule is CC(C)(C)OC(=O)N1CCN(CC(=O)OCc2ccccc2)C2(CNC2=O)C1. The zero-order chi connectivity index (χ0) is 20.4. The van der Waals surface area contributed by atoms with Gasteiger partial charge in [-0.1, -0.05) is 30.3 Å². The zero-order valence-corrected chi connectivity index (χ0v) is 16.6. The predicted molar refractivity (Wildman–Crippen MR) is 101 cm³/mol. The standard InChI is InChI=1S/C20H27N3O5/c1-19(2,3)28-18(26)22-9-10-23(20(14-22)13-21-17(20)25)11-16(24)27-12-15-7-5-4-6-8-15/h4-8H,9-14H2,1-3H3,(H,21,25). The molecule has 1 aromatic carbocycles. The van der Waals surface area contributed by atoms with Crippen LogP contribution in [0, 0.1) is 0 Å². The fraction of sp³-hybridized carbons (Fsp3) is 0.550. The number of benzene rings is 1. The summed E-state index contributed by atoms with van der Waals surface area (Å²) in [5.74, 6) is -0.578. The second-order valence-corrected chi connectivity index (χ2v) is 8.18. The maximum atomic E-state index is 12.4. The maximum absolute atomic E-state index is 12.4. The number of piperazine rings is 1. The monoisotopic (exact) mass is 389 g/mol. The highest BCUT2D eigenvalue weighted by Gasteiger charge is 2.55. The van der Waals surface area contributed by atoms with Crippen molar-refractivity contribution in [1.82, 2.24) is 15.1 Å². The number of carbonyl (C=O) groups is 3. The summed E-state index contributed by atoms with van der Waals surface area (Å²) in [7, 11) is 0. The van der Waals surface area contributed by atoms with E-state index in [1.807, 2.05) is 30.3 Å². The van der Waals surface area contributed by atoms with Crippen molar-refractivity contribution in [2.75, 3.05) is 32.7 Å². The zero-order valence-electron chi connectivity index (χ0n) is 16.6. The van der Waals surface area contributed by atoms with Gasteiger partial charge in [-0.3, -0.25) is 14.5 Å². The Morgan fingerprint density at radius 2 is 1.89 bits per heavy atom. The summed E-state index contributed by atoms with van der Waals surface area (Å²) in [4.78, 5) is 40.4. The first kappa shape index (κ1) is 20.1. The second-order valence-electron chi connectivity index (χ2n) is 8.18. The molecule has 0 aliphatic carbocycles. The van der Waals surface area contributed by atoms with Gasteiger partial charge in [-0.2, -0.15) is 0 Å². The van der Waals surface area contributed by atoms with Crippen molar-refractivity contribution in [3.05, 3.63) is 35.9 Å². The maximum Gasteiger partial charge on any atom is 0.410 e. The third-order valence-electron chi connectivity index (χ3n) is 4.88. The number of hydrogen-bond donors (Lipinski definition) is 1. The van der Waals surface area contributed by atoms with Gasteiger partial charge >= 0.3 is 12.1 Å². The van der Waals surface area contributed by atoms with E-state index in [0.29, 0.717) is 19.6 Å². The van der Waals surface area contributed by atoms with Crippen molar-refractivity contribution in [3.8, 4) is 0 Å². The Bertz CT molecular complexity index is 746. The Morgan fingerprint density at radius 3 is 2.46 bits per heavy atom. The van der Waals surface area contributed by atoms with Gasteiger partial charge in [0, 0.05) is 19.6 Å². The van der Waals surface area contributed by atoms with Crippen LogP contribution < -0.4 is 5.32 Å². The van der Waals surface area contributed by atoms with Crippen molar-refractivity contribution in [1.29, 1.82) is 0 Å². The lowest BCUT2D eigenvalue weighted by atomic mass is 9.86. The minimum Gasteiger partial charge on any atom is -0.460 e. The van der Waals surface area contributed by atoms with Crippen LogP contribution in [0.5, 0.6) is 0 Å². The number of carbonyl (C=O) groups excluding carboxylic acids is 3. The van der Waals surface area contributed by atoms with Crippen LogP contribution in [0.15, 0.2) is 30.3 Å². The fourth-order valence-electron chi connectivity index (χ4n) is 3.35.